The van der Waals surface area contributed by atoms with Gasteiger partial charge in [-0.25, -0.2) is 14.4 Å². The van der Waals surface area contributed by atoms with E-state index in [2.05, 4.69) is 15.1 Å². The number of pyridine rings is 1. The molecule has 0 aliphatic rings. The van der Waals surface area contributed by atoms with Gasteiger partial charge in [-0.15, -0.1) is 0 Å². The van der Waals surface area contributed by atoms with Crippen LogP contribution in [0.3, 0.4) is 0 Å². The van der Waals surface area contributed by atoms with Crippen molar-refractivity contribution in [3.05, 3.63) is 71.2 Å². The first-order chi connectivity index (χ1) is 14.3. The van der Waals surface area contributed by atoms with Crippen LogP contribution in [0.25, 0.3) is 5.69 Å². The van der Waals surface area contributed by atoms with Gasteiger partial charge in [0.1, 0.15) is 17.2 Å². The number of rotatable bonds is 7. The lowest BCUT2D eigenvalue weighted by atomic mass is 10.1. The molecule has 3 rings (SSSR count). The van der Waals surface area contributed by atoms with E-state index < -0.39 is 17.7 Å². The minimum Gasteiger partial charge on any atom is -0.479 e. The first-order valence-corrected chi connectivity index (χ1v) is 9.16. The molecular formula is C21H22FN5O3. The van der Waals surface area contributed by atoms with Crippen LogP contribution in [-0.4, -0.2) is 39.4 Å². The second-order valence-corrected chi connectivity index (χ2v) is 6.70. The Morgan fingerprint density at radius 2 is 2.03 bits per heavy atom. The minimum absolute atomic E-state index is 0.0311. The number of aryl methyl sites for hydroxylation is 2. The second-order valence-electron chi connectivity index (χ2n) is 6.70. The number of oxime groups is 1. The Morgan fingerprint density at radius 1 is 1.27 bits per heavy atom. The molecule has 0 aliphatic carbocycles. The maximum atomic E-state index is 13.7. The average molecular weight is 411 g/mol. The van der Waals surface area contributed by atoms with Crippen molar-refractivity contribution in [2.45, 2.75) is 26.9 Å². The third kappa shape index (κ3) is 4.45. The first kappa shape index (κ1) is 21.0. The highest BCUT2D eigenvalue weighted by Crippen LogP contribution is 2.21. The van der Waals surface area contributed by atoms with Crippen molar-refractivity contribution >= 4 is 11.6 Å². The van der Waals surface area contributed by atoms with Gasteiger partial charge >= 0.3 is 0 Å². The Kier molecular flexibility index (Phi) is 6.10. The van der Waals surface area contributed by atoms with Crippen LogP contribution in [0, 0.1) is 19.7 Å². The zero-order valence-corrected chi connectivity index (χ0v) is 17.1. The third-order valence-corrected chi connectivity index (χ3v) is 4.42. The highest BCUT2D eigenvalue weighted by atomic mass is 19.1. The number of nitrogens with two attached hydrogens (primary N) is 1. The van der Waals surface area contributed by atoms with Gasteiger partial charge in [0.15, 0.2) is 11.9 Å². The summed E-state index contributed by atoms with van der Waals surface area (Å²) in [5.41, 5.74) is 8.45. The van der Waals surface area contributed by atoms with E-state index in [9.17, 15) is 9.18 Å². The van der Waals surface area contributed by atoms with Crippen molar-refractivity contribution in [2.24, 2.45) is 10.9 Å². The number of nitrogens with zero attached hydrogens (tertiary/aromatic N) is 4. The van der Waals surface area contributed by atoms with Crippen LogP contribution in [0.4, 0.5) is 4.39 Å². The van der Waals surface area contributed by atoms with Crippen LogP contribution in [0.5, 0.6) is 5.88 Å². The molecule has 0 saturated heterocycles. The van der Waals surface area contributed by atoms with Gasteiger partial charge in [0, 0.05) is 11.8 Å². The van der Waals surface area contributed by atoms with Crippen LogP contribution >= 0.6 is 0 Å². The number of amidine groups is 1. The number of ether oxygens (including phenoxy) is 1. The van der Waals surface area contributed by atoms with Gasteiger partial charge in [0.25, 0.3) is 0 Å². The summed E-state index contributed by atoms with van der Waals surface area (Å²) in [6.07, 6.45) is 2.53. The minimum atomic E-state index is -0.958. The molecule has 3 aromatic rings. The summed E-state index contributed by atoms with van der Waals surface area (Å²) in [7, 11) is 1.49. The van der Waals surface area contributed by atoms with Gasteiger partial charge in [-0.3, -0.25) is 4.79 Å². The van der Waals surface area contributed by atoms with E-state index in [1.54, 1.807) is 30.0 Å². The number of methoxy groups -OCH3 is 1. The molecule has 156 valence electrons. The predicted molar refractivity (Wildman–Crippen MR) is 109 cm³/mol. The maximum Gasteiger partial charge on any atom is 0.238 e. The zero-order chi connectivity index (χ0) is 21.8. The van der Waals surface area contributed by atoms with Crippen molar-refractivity contribution in [3.63, 3.8) is 0 Å². The molecule has 0 amide bonds. The Labute approximate surface area is 173 Å². The standard InChI is InChI=1S/C21H22FN5O3/c1-12-5-6-15(9-16(12)22)19(28)14(3)30-26-20(23)17-7-8-18(21(25-17)29-4)27-10-13(2)24-11-27/h5-11,14H,1-4H3,(H2,23,26). The zero-order valence-electron chi connectivity index (χ0n) is 17.1. The van der Waals surface area contributed by atoms with Crippen molar-refractivity contribution in [1.29, 1.82) is 0 Å². The largest absolute Gasteiger partial charge is 0.479 e. The quantitative estimate of drug-likeness (QED) is 0.277. The van der Waals surface area contributed by atoms with Crippen molar-refractivity contribution in [1.82, 2.24) is 14.5 Å². The molecule has 0 fully saturated rings. The fourth-order valence-corrected chi connectivity index (χ4v) is 2.69. The number of hydrogen-bond donors (Lipinski definition) is 1. The molecule has 9 heteroatoms. The Balaban J connectivity index is 1.76. The molecule has 2 N–H and O–H groups in total. The van der Waals surface area contributed by atoms with Gasteiger partial charge in [-0.05, 0) is 44.5 Å². The summed E-state index contributed by atoms with van der Waals surface area (Å²) in [5, 5.41) is 3.81. The van der Waals surface area contributed by atoms with Crippen LogP contribution < -0.4 is 10.5 Å². The third-order valence-electron chi connectivity index (χ3n) is 4.42. The highest BCUT2D eigenvalue weighted by Gasteiger charge is 2.18. The lowest BCUT2D eigenvalue weighted by Crippen LogP contribution is -2.22. The van der Waals surface area contributed by atoms with E-state index in [1.165, 1.54) is 32.2 Å². The summed E-state index contributed by atoms with van der Waals surface area (Å²) in [6, 6.07) is 7.65. The van der Waals surface area contributed by atoms with Gasteiger partial charge in [0.2, 0.25) is 11.7 Å². The van der Waals surface area contributed by atoms with Crippen molar-refractivity contribution in [3.8, 4) is 11.6 Å². The second kappa shape index (κ2) is 8.73. The SMILES string of the molecule is COc1nc(/C(N)=N/OC(C)C(=O)c2ccc(C)c(F)c2)ccc1-n1cnc(C)c1. The molecule has 2 aromatic heterocycles. The van der Waals surface area contributed by atoms with Gasteiger partial charge in [-0.2, -0.15) is 0 Å². The highest BCUT2D eigenvalue weighted by molar-refractivity contribution is 5.99. The van der Waals surface area contributed by atoms with E-state index in [0.717, 1.165) is 5.69 Å². The molecule has 1 unspecified atom stereocenters. The monoisotopic (exact) mass is 411 g/mol. The molecule has 0 radical (unpaired) electrons. The number of ketones is 1. The summed E-state index contributed by atoms with van der Waals surface area (Å²) in [6.45, 7) is 5.00. The number of hydrogen-bond acceptors (Lipinski definition) is 6. The molecule has 1 atom stereocenters. The lowest BCUT2D eigenvalue weighted by molar-refractivity contribution is 0.0502. The fraction of sp³-hybridized carbons (Fsp3) is 0.238. The molecule has 0 bridgehead atoms. The molecule has 2 heterocycles. The molecule has 0 saturated carbocycles. The number of halogens is 1. The summed E-state index contributed by atoms with van der Waals surface area (Å²) >= 11 is 0. The number of carbonyl (C=O) groups excluding carboxylic acids is 1. The molecule has 0 aliphatic heterocycles. The summed E-state index contributed by atoms with van der Waals surface area (Å²) < 4.78 is 20.8. The Morgan fingerprint density at radius 3 is 2.67 bits per heavy atom. The van der Waals surface area contributed by atoms with Crippen LogP contribution in [-0.2, 0) is 4.84 Å². The van der Waals surface area contributed by atoms with E-state index in [0.29, 0.717) is 22.8 Å². The van der Waals surface area contributed by atoms with Crippen LogP contribution in [0.1, 0.15) is 34.2 Å². The number of benzene rings is 1. The smallest absolute Gasteiger partial charge is 0.238 e. The topological polar surface area (TPSA) is 105 Å². The lowest BCUT2D eigenvalue weighted by Gasteiger charge is -2.11. The summed E-state index contributed by atoms with van der Waals surface area (Å²) in [4.78, 5) is 26.2. The maximum absolute atomic E-state index is 13.7. The average Bonchev–Trinajstić information content (AvgIpc) is 3.18. The van der Waals surface area contributed by atoms with E-state index in [4.69, 9.17) is 15.3 Å². The molecular weight excluding hydrogens is 389 g/mol. The van der Waals surface area contributed by atoms with E-state index >= 15 is 0 Å². The molecule has 0 spiro atoms. The molecule has 1 aromatic carbocycles. The van der Waals surface area contributed by atoms with E-state index in [1.807, 2.05) is 13.1 Å². The molecule has 30 heavy (non-hydrogen) atoms. The molecule has 8 nitrogen and oxygen atoms in total. The van der Waals surface area contributed by atoms with Crippen LogP contribution in [0.2, 0.25) is 0 Å². The fourth-order valence-electron chi connectivity index (χ4n) is 2.69. The van der Waals surface area contributed by atoms with Gasteiger partial charge in [0.05, 0.1) is 19.1 Å². The Bertz CT molecular complexity index is 1110. The van der Waals surface area contributed by atoms with Gasteiger partial charge < -0.3 is 19.9 Å². The van der Waals surface area contributed by atoms with Gasteiger partial charge in [-0.1, -0.05) is 17.3 Å². The first-order valence-electron chi connectivity index (χ1n) is 9.16. The summed E-state index contributed by atoms with van der Waals surface area (Å²) in [5.74, 6) is -0.582. The number of Topliss-reactive ketones (excluding diaryl/α,β-unsaturated/α-hetero) is 1. The van der Waals surface area contributed by atoms with Crippen molar-refractivity contribution in [2.75, 3.05) is 7.11 Å². The number of imidazole rings is 1. The predicted octanol–water partition coefficient (Wildman–Crippen LogP) is 2.94. The number of aromatic nitrogens is 3. The number of carbonyl (C=O) groups is 1. The van der Waals surface area contributed by atoms with E-state index in [-0.39, 0.29) is 11.4 Å². The van der Waals surface area contributed by atoms with Crippen molar-refractivity contribution < 1.29 is 18.8 Å². The van der Waals surface area contributed by atoms with Crippen LogP contribution in [0.15, 0.2) is 48.0 Å². The Hall–Kier alpha value is -3.75. The normalized spacial score (nSPS) is 12.5.